The number of carbonyl (C=O) groups excluding carboxylic acids is 1. The van der Waals surface area contributed by atoms with E-state index in [0.29, 0.717) is 35.3 Å². The number of piperazine rings is 1. The summed E-state index contributed by atoms with van der Waals surface area (Å²) in [6.07, 6.45) is 6.94. The number of nitrogens with one attached hydrogen (secondary N) is 2. The molecule has 1 amide bonds. The highest BCUT2D eigenvalue weighted by Crippen LogP contribution is 2.56. The van der Waals surface area contributed by atoms with Crippen molar-refractivity contribution in [3.8, 4) is 0 Å². The van der Waals surface area contributed by atoms with E-state index in [1.165, 1.54) is 12.8 Å². The van der Waals surface area contributed by atoms with Crippen LogP contribution in [-0.2, 0) is 0 Å². The Hall–Kier alpha value is -2.23. The van der Waals surface area contributed by atoms with E-state index in [4.69, 9.17) is 4.98 Å². The average Bonchev–Trinajstić information content (AvgIpc) is 2.83. The van der Waals surface area contributed by atoms with Gasteiger partial charge in [-0.3, -0.25) is 4.79 Å². The van der Waals surface area contributed by atoms with E-state index in [1.54, 1.807) is 6.20 Å². The number of rotatable bonds is 5. The number of aliphatic hydroxyl groups is 1. The molecule has 0 radical (unpaired) electrons. The van der Waals surface area contributed by atoms with Crippen molar-refractivity contribution in [3.05, 3.63) is 40.5 Å². The summed E-state index contributed by atoms with van der Waals surface area (Å²) in [6.45, 7) is 3.35. The van der Waals surface area contributed by atoms with Crippen molar-refractivity contribution in [1.82, 2.24) is 19.8 Å². The molecule has 2 aromatic rings. The highest BCUT2D eigenvalue weighted by Gasteiger charge is 2.54. The molecule has 3 N–H and O–H groups in total. The van der Waals surface area contributed by atoms with Gasteiger partial charge in [0.1, 0.15) is 5.82 Å². The second kappa shape index (κ2) is 9.01. The van der Waals surface area contributed by atoms with Crippen LogP contribution in [0.15, 0.2) is 34.9 Å². The van der Waals surface area contributed by atoms with Crippen LogP contribution >= 0.6 is 15.9 Å². The van der Waals surface area contributed by atoms with Gasteiger partial charge < -0.3 is 25.5 Å². The number of hydrogen-bond acceptors (Lipinski definition) is 7. The Bertz CT molecular complexity index is 1090. The maximum atomic E-state index is 12.8. The van der Waals surface area contributed by atoms with Crippen LogP contribution in [0.3, 0.4) is 0 Å². The van der Waals surface area contributed by atoms with E-state index in [1.807, 2.05) is 29.2 Å². The Morgan fingerprint density at radius 1 is 1.09 bits per heavy atom. The van der Waals surface area contributed by atoms with Gasteiger partial charge in [0.25, 0.3) is 5.91 Å². The number of anilines is 3. The summed E-state index contributed by atoms with van der Waals surface area (Å²) in [6, 6.07) is 7.87. The smallest absolute Gasteiger partial charge is 0.253 e. The molecule has 1 aliphatic heterocycles. The first-order valence-electron chi connectivity index (χ1n) is 12.7. The molecule has 1 aromatic heterocycles. The van der Waals surface area contributed by atoms with Crippen molar-refractivity contribution in [2.24, 2.45) is 17.8 Å². The summed E-state index contributed by atoms with van der Waals surface area (Å²) < 4.78 is 0.837. The van der Waals surface area contributed by atoms with E-state index in [2.05, 4.69) is 43.5 Å². The van der Waals surface area contributed by atoms with Gasteiger partial charge in [-0.05, 0) is 97.1 Å². The fraction of sp³-hybridized carbons (Fsp3) is 0.577. The fourth-order valence-electron chi connectivity index (χ4n) is 6.92. The molecule has 35 heavy (non-hydrogen) atoms. The largest absolute Gasteiger partial charge is 0.390 e. The van der Waals surface area contributed by atoms with E-state index in [9.17, 15) is 9.90 Å². The van der Waals surface area contributed by atoms with E-state index >= 15 is 0 Å². The number of likely N-dealkylation sites (N-methyl/N-ethyl adjacent to an activating group) is 1. The number of hydrogen-bond donors (Lipinski definition) is 3. The predicted octanol–water partition coefficient (Wildman–Crippen LogP) is 3.72. The molecule has 1 saturated heterocycles. The van der Waals surface area contributed by atoms with Crippen LogP contribution < -0.4 is 10.6 Å². The lowest BCUT2D eigenvalue weighted by Gasteiger charge is -2.58. The van der Waals surface area contributed by atoms with Gasteiger partial charge in [0.05, 0.1) is 10.1 Å². The highest BCUT2D eigenvalue weighted by atomic mass is 79.9. The van der Waals surface area contributed by atoms with Crippen molar-refractivity contribution in [2.45, 2.75) is 43.7 Å². The van der Waals surface area contributed by atoms with Crippen molar-refractivity contribution in [3.63, 3.8) is 0 Å². The summed E-state index contributed by atoms with van der Waals surface area (Å²) >= 11 is 3.61. The van der Waals surface area contributed by atoms with Crippen LogP contribution in [0, 0.1) is 17.8 Å². The third-order valence-corrected chi connectivity index (χ3v) is 9.05. The van der Waals surface area contributed by atoms with Gasteiger partial charge in [-0.2, -0.15) is 4.98 Å². The summed E-state index contributed by atoms with van der Waals surface area (Å²) in [5.74, 6) is 3.04. The summed E-state index contributed by atoms with van der Waals surface area (Å²) in [7, 11) is 2.08. The first kappa shape index (κ1) is 23.2. The molecule has 2 atom stereocenters. The summed E-state index contributed by atoms with van der Waals surface area (Å²) in [5.41, 5.74) is 1.09. The third kappa shape index (κ3) is 4.66. The molecule has 2 unspecified atom stereocenters. The molecule has 2 heterocycles. The van der Waals surface area contributed by atoms with Crippen LogP contribution in [0.1, 0.15) is 42.5 Å². The fourth-order valence-corrected chi connectivity index (χ4v) is 7.23. The minimum absolute atomic E-state index is 0.0800. The first-order valence-corrected chi connectivity index (χ1v) is 13.5. The summed E-state index contributed by atoms with van der Waals surface area (Å²) in [4.78, 5) is 26.2. The minimum atomic E-state index is -0.442. The molecule has 9 heteroatoms. The zero-order valence-corrected chi connectivity index (χ0v) is 21.7. The maximum absolute atomic E-state index is 12.8. The van der Waals surface area contributed by atoms with Crippen LogP contribution in [0.4, 0.5) is 17.5 Å². The third-order valence-electron chi connectivity index (χ3n) is 8.47. The van der Waals surface area contributed by atoms with Crippen LogP contribution in [-0.4, -0.2) is 75.7 Å². The Morgan fingerprint density at radius 3 is 2.43 bits per heavy atom. The maximum Gasteiger partial charge on any atom is 0.253 e. The van der Waals surface area contributed by atoms with Crippen LogP contribution in [0.2, 0.25) is 0 Å². The zero-order chi connectivity index (χ0) is 24.2. The molecule has 0 spiro atoms. The lowest BCUT2D eigenvalue weighted by molar-refractivity contribution is -0.129. The number of amides is 1. The predicted molar refractivity (Wildman–Crippen MR) is 139 cm³/mol. The van der Waals surface area contributed by atoms with Gasteiger partial charge in [-0.15, -0.1) is 0 Å². The molecular weight excluding hydrogens is 508 g/mol. The van der Waals surface area contributed by atoms with E-state index in [-0.39, 0.29) is 5.91 Å². The van der Waals surface area contributed by atoms with E-state index in [0.717, 1.165) is 61.4 Å². The number of nitrogens with zero attached hydrogens (tertiary/aromatic N) is 4. The minimum Gasteiger partial charge on any atom is -0.390 e. The zero-order valence-electron chi connectivity index (χ0n) is 20.1. The van der Waals surface area contributed by atoms with Gasteiger partial charge >= 0.3 is 0 Å². The lowest BCUT2D eigenvalue weighted by atomic mass is 9.52. The first-order chi connectivity index (χ1) is 16.8. The van der Waals surface area contributed by atoms with Crippen LogP contribution in [0.5, 0.6) is 0 Å². The monoisotopic (exact) mass is 540 g/mol. The Labute approximate surface area is 214 Å². The van der Waals surface area contributed by atoms with Gasteiger partial charge in [-0.25, -0.2) is 4.98 Å². The van der Waals surface area contributed by atoms with Gasteiger partial charge in [0.2, 0.25) is 5.95 Å². The Balaban J connectivity index is 1.12. The molecular formula is C26H33BrN6O2. The molecule has 186 valence electrons. The Morgan fingerprint density at radius 2 is 1.77 bits per heavy atom. The standard InChI is InChI=1S/C26H33BrN6O2/c1-32-6-8-33(9-7-32)24(34)17-2-4-20(5-3-17)29-25-28-15-21(27)23(31-25)30-22-18-10-16-11-19(22)14-26(35,12-16)13-18/h2-5,15-16,18-19,22,35H,6-14H2,1H3,(H2,28,29,30,31). The van der Waals surface area contributed by atoms with Crippen molar-refractivity contribution >= 4 is 39.3 Å². The molecule has 8 nitrogen and oxygen atoms in total. The molecule has 7 rings (SSSR count). The van der Waals surface area contributed by atoms with Crippen molar-refractivity contribution < 1.29 is 9.90 Å². The second-order valence-corrected chi connectivity index (χ2v) is 11.9. The lowest BCUT2D eigenvalue weighted by Crippen LogP contribution is -2.59. The Kier molecular flexibility index (Phi) is 5.97. The van der Waals surface area contributed by atoms with Crippen LogP contribution in [0.25, 0.3) is 0 Å². The van der Waals surface area contributed by atoms with Crippen molar-refractivity contribution in [2.75, 3.05) is 43.9 Å². The molecule has 1 aromatic carbocycles. The second-order valence-electron chi connectivity index (χ2n) is 11.1. The van der Waals surface area contributed by atoms with Gasteiger partial charge in [0.15, 0.2) is 0 Å². The van der Waals surface area contributed by atoms with Crippen molar-refractivity contribution in [1.29, 1.82) is 0 Å². The highest BCUT2D eigenvalue weighted by molar-refractivity contribution is 9.10. The van der Waals surface area contributed by atoms with Gasteiger partial charge in [-0.1, -0.05) is 0 Å². The van der Waals surface area contributed by atoms with E-state index < -0.39 is 5.60 Å². The quantitative estimate of drug-likeness (QED) is 0.532. The normalized spacial score (nSPS) is 32.0. The van der Waals surface area contributed by atoms with Gasteiger partial charge in [0, 0.05) is 49.7 Å². The summed E-state index contributed by atoms with van der Waals surface area (Å²) in [5, 5.41) is 17.9. The SMILES string of the molecule is CN1CCN(C(=O)c2ccc(Nc3ncc(Br)c(NC4C5CC6CC4CC(O)(C6)C5)n3)cc2)CC1. The molecule has 4 bridgehead atoms. The number of aromatic nitrogens is 2. The number of benzene rings is 1. The average molecular weight is 541 g/mol. The molecule has 5 aliphatic rings. The molecule has 5 fully saturated rings. The number of halogens is 1. The topological polar surface area (TPSA) is 93.6 Å². The number of carbonyl (C=O) groups is 1. The molecule has 4 saturated carbocycles. The molecule has 4 aliphatic carbocycles.